The highest BCUT2D eigenvalue weighted by Crippen LogP contribution is 2.27. The smallest absolute Gasteiger partial charge is 0.233 e. The van der Waals surface area contributed by atoms with Gasteiger partial charge in [-0.15, -0.1) is 24.8 Å². The molecule has 1 heterocycles. The molecule has 114 valence electrons. The van der Waals surface area contributed by atoms with Gasteiger partial charge < -0.3 is 15.5 Å². The summed E-state index contributed by atoms with van der Waals surface area (Å²) in [6, 6.07) is 0. The van der Waals surface area contributed by atoms with Crippen molar-refractivity contribution in [2.45, 2.75) is 32.1 Å². The average molecular weight is 312 g/mol. The zero-order valence-electron chi connectivity index (χ0n) is 11.5. The van der Waals surface area contributed by atoms with Crippen LogP contribution in [-0.2, 0) is 4.79 Å². The van der Waals surface area contributed by atoms with Crippen LogP contribution in [0.5, 0.6) is 0 Å². The summed E-state index contributed by atoms with van der Waals surface area (Å²) in [6.45, 7) is 5.95. The molecule has 0 spiro atoms. The maximum absolute atomic E-state index is 11.5. The van der Waals surface area contributed by atoms with E-state index in [1.807, 2.05) is 0 Å². The fourth-order valence-electron chi connectivity index (χ4n) is 2.31. The molecular formula is C13H27Cl2N3O. The number of hydrogen-bond acceptors (Lipinski definition) is 3. The molecule has 19 heavy (non-hydrogen) atoms. The molecular weight excluding hydrogens is 285 g/mol. The summed E-state index contributed by atoms with van der Waals surface area (Å²) in [5.41, 5.74) is 0. The molecule has 0 radical (unpaired) electrons. The van der Waals surface area contributed by atoms with E-state index in [9.17, 15) is 4.79 Å². The lowest BCUT2D eigenvalue weighted by atomic mass is 10.3. The molecule has 4 nitrogen and oxygen atoms in total. The van der Waals surface area contributed by atoms with Crippen molar-refractivity contribution in [1.29, 1.82) is 0 Å². The van der Waals surface area contributed by atoms with Gasteiger partial charge in [-0.1, -0.05) is 0 Å². The van der Waals surface area contributed by atoms with Crippen LogP contribution in [0.3, 0.4) is 0 Å². The van der Waals surface area contributed by atoms with Crippen LogP contribution in [-0.4, -0.2) is 50.1 Å². The molecule has 2 aliphatic rings. The molecule has 0 unspecified atom stereocenters. The largest absolute Gasteiger partial charge is 0.355 e. The highest BCUT2D eigenvalue weighted by atomic mass is 35.5. The minimum atomic E-state index is 0. The molecule has 1 aliphatic heterocycles. The van der Waals surface area contributed by atoms with E-state index in [4.69, 9.17) is 0 Å². The third-order valence-corrected chi connectivity index (χ3v) is 3.59. The van der Waals surface area contributed by atoms with Crippen molar-refractivity contribution in [3.05, 3.63) is 0 Å². The van der Waals surface area contributed by atoms with Gasteiger partial charge in [0.1, 0.15) is 0 Å². The number of amides is 1. The number of nitrogens with zero attached hydrogens (tertiary/aromatic N) is 1. The number of carbonyl (C=O) groups is 1. The first-order valence-corrected chi connectivity index (χ1v) is 7.04. The Bertz CT molecular complexity index is 244. The fourth-order valence-corrected chi connectivity index (χ4v) is 2.31. The zero-order chi connectivity index (χ0) is 11.9. The van der Waals surface area contributed by atoms with Crippen molar-refractivity contribution in [3.63, 3.8) is 0 Å². The Kier molecular flexibility index (Phi) is 10.7. The molecule has 2 fully saturated rings. The summed E-state index contributed by atoms with van der Waals surface area (Å²) in [6.07, 6.45) is 6.44. The van der Waals surface area contributed by atoms with Crippen LogP contribution in [0.1, 0.15) is 32.1 Å². The Morgan fingerprint density at radius 1 is 1.16 bits per heavy atom. The Hall–Kier alpha value is -0.0300. The second-order valence-electron chi connectivity index (χ2n) is 5.33. The third kappa shape index (κ3) is 8.69. The minimum Gasteiger partial charge on any atom is -0.355 e. The molecule has 2 N–H and O–H groups in total. The number of likely N-dealkylation sites (tertiary alicyclic amines) is 1. The summed E-state index contributed by atoms with van der Waals surface area (Å²) in [5, 5.41) is 6.18. The molecule has 0 aromatic carbocycles. The molecule has 0 aromatic heterocycles. The van der Waals surface area contributed by atoms with Crippen molar-refractivity contribution < 1.29 is 4.79 Å². The number of hydrogen-bond donors (Lipinski definition) is 2. The molecule has 0 aromatic rings. The second kappa shape index (κ2) is 10.7. The predicted molar refractivity (Wildman–Crippen MR) is 83.4 cm³/mol. The van der Waals surface area contributed by atoms with E-state index >= 15 is 0 Å². The van der Waals surface area contributed by atoms with Gasteiger partial charge in [-0.25, -0.2) is 0 Å². The summed E-state index contributed by atoms with van der Waals surface area (Å²) in [7, 11) is 0. The summed E-state index contributed by atoms with van der Waals surface area (Å²) in [4.78, 5) is 13.9. The topological polar surface area (TPSA) is 44.4 Å². The van der Waals surface area contributed by atoms with E-state index in [1.165, 1.54) is 38.8 Å². The quantitative estimate of drug-likeness (QED) is 0.667. The lowest BCUT2D eigenvalue weighted by Crippen LogP contribution is -2.36. The monoisotopic (exact) mass is 311 g/mol. The number of rotatable bonds is 8. The molecule has 1 amide bonds. The van der Waals surface area contributed by atoms with Gasteiger partial charge in [-0.3, -0.25) is 4.79 Å². The van der Waals surface area contributed by atoms with E-state index in [0.29, 0.717) is 6.54 Å². The van der Waals surface area contributed by atoms with Crippen LogP contribution in [0.15, 0.2) is 0 Å². The normalized spacial score (nSPS) is 18.5. The summed E-state index contributed by atoms with van der Waals surface area (Å²) < 4.78 is 0. The number of nitrogens with one attached hydrogen (secondary N) is 2. The van der Waals surface area contributed by atoms with Crippen molar-refractivity contribution in [2.24, 2.45) is 5.92 Å². The lowest BCUT2D eigenvalue weighted by Gasteiger charge is -2.14. The van der Waals surface area contributed by atoms with Crippen LogP contribution >= 0.6 is 24.8 Å². The van der Waals surface area contributed by atoms with Crippen LogP contribution in [0.4, 0.5) is 0 Å². The standard InChI is InChI=1S/C13H25N3O.2ClH/c17-13(11-14-10-12-4-5-12)15-6-3-9-16-7-1-2-8-16;;/h12,14H,1-11H2,(H,15,17);2*1H. The van der Waals surface area contributed by atoms with Crippen LogP contribution in [0.2, 0.25) is 0 Å². The second-order valence-corrected chi connectivity index (χ2v) is 5.33. The third-order valence-electron chi connectivity index (χ3n) is 3.59. The van der Waals surface area contributed by atoms with Gasteiger partial charge in [0, 0.05) is 6.54 Å². The highest BCUT2D eigenvalue weighted by Gasteiger charge is 2.20. The van der Waals surface area contributed by atoms with Crippen LogP contribution in [0.25, 0.3) is 0 Å². The zero-order valence-corrected chi connectivity index (χ0v) is 13.2. The molecule has 1 saturated heterocycles. The van der Waals surface area contributed by atoms with E-state index in [-0.39, 0.29) is 30.7 Å². The lowest BCUT2D eigenvalue weighted by molar-refractivity contribution is -0.120. The minimum absolute atomic E-state index is 0. The Balaban J connectivity index is 0.00000162. The Morgan fingerprint density at radius 3 is 2.47 bits per heavy atom. The molecule has 2 rings (SSSR count). The van der Waals surface area contributed by atoms with Gasteiger partial charge in [0.2, 0.25) is 5.91 Å². The van der Waals surface area contributed by atoms with E-state index < -0.39 is 0 Å². The Labute approximate surface area is 128 Å². The van der Waals surface area contributed by atoms with E-state index in [1.54, 1.807) is 0 Å². The van der Waals surface area contributed by atoms with Crippen LogP contribution < -0.4 is 10.6 Å². The maximum Gasteiger partial charge on any atom is 0.233 e. The Morgan fingerprint density at radius 2 is 1.84 bits per heavy atom. The molecule has 0 bridgehead atoms. The van der Waals surface area contributed by atoms with E-state index in [0.717, 1.165) is 32.0 Å². The SMILES string of the molecule is Cl.Cl.O=C(CNCC1CC1)NCCCN1CCCC1. The van der Waals surface area contributed by atoms with Crippen LogP contribution in [0, 0.1) is 5.92 Å². The number of carbonyl (C=O) groups excluding carboxylic acids is 1. The van der Waals surface area contributed by atoms with Crippen molar-refractivity contribution in [3.8, 4) is 0 Å². The maximum atomic E-state index is 11.5. The first-order valence-electron chi connectivity index (χ1n) is 7.04. The predicted octanol–water partition coefficient (Wildman–Crippen LogP) is 1.43. The summed E-state index contributed by atoms with van der Waals surface area (Å²) >= 11 is 0. The van der Waals surface area contributed by atoms with Gasteiger partial charge in [0.05, 0.1) is 6.54 Å². The fraction of sp³-hybridized carbons (Fsp3) is 0.923. The van der Waals surface area contributed by atoms with Gasteiger partial charge in [-0.2, -0.15) is 0 Å². The van der Waals surface area contributed by atoms with Crippen molar-refractivity contribution in [2.75, 3.05) is 39.3 Å². The van der Waals surface area contributed by atoms with Gasteiger partial charge in [0.15, 0.2) is 0 Å². The molecule has 1 saturated carbocycles. The summed E-state index contributed by atoms with van der Waals surface area (Å²) in [5.74, 6) is 0.991. The van der Waals surface area contributed by atoms with Gasteiger partial charge >= 0.3 is 0 Å². The first-order chi connectivity index (χ1) is 8.34. The highest BCUT2D eigenvalue weighted by molar-refractivity contribution is 5.85. The van der Waals surface area contributed by atoms with Gasteiger partial charge in [-0.05, 0) is 64.2 Å². The molecule has 0 atom stereocenters. The average Bonchev–Trinajstić information content (AvgIpc) is 3.00. The van der Waals surface area contributed by atoms with Gasteiger partial charge in [0.25, 0.3) is 0 Å². The number of halogens is 2. The first kappa shape index (κ1) is 19.0. The van der Waals surface area contributed by atoms with Crippen molar-refractivity contribution in [1.82, 2.24) is 15.5 Å². The van der Waals surface area contributed by atoms with Crippen molar-refractivity contribution >= 4 is 30.7 Å². The molecule has 6 heteroatoms. The van der Waals surface area contributed by atoms with E-state index in [2.05, 4.69) is 15.5 Å². The molecule has 1 aliphatic carbocycles.